The van der Waals surface area contributed by atoms with Gasteiger partial charge >= 0.3 is 39.5 Å². The molecule has 0 rings (SSSR count). The molecule has 95 heavy (non-hydrogen) atoms. The van der Waals surface area contributed by atoms with Crippen molar-refractivity contribution in [2.45, 2.75) is 407 Å². The molecule has 3 N–H and O–H groups in total. The predicted octanol–water partition coefficient (Wildman–Crippen LogP) is 22.2. The van der Waals surface area contributed by atoms with E-state index in [0.717, 1.165) is 108 Å². The number of carbonyl (C=O) groups is 4. The van der Waals surface area contributed by atoms with Crippen molar-refractivity contribution in [3.05, 3.63) is 0 Å². The molecule has 5 atom stereocenters. The number of rotatable bonds is 74. The first-order valence-electron chi connectivity index (χ1n) is 39.3. The van der Waals surface area contributed by atoms with Gasteiger partial charge in [0.2, 0.25) is 0 Å². The van der Waals surface area contributed by atoms with E-state index in [1.165, 1.54) is 193 Å². The lowest BCUT2D eigenvalue weighted by Crippen LogP contribution is -2.30. The fourth-order valence-electron chi connectivity index (χ4n) is 11.6. The monoisotopic (exact) mass is 1400 g/mol. The molecule has 0 fully saturated rings. The van der Waals surface area contributed by atoms with Crippen LogP contribution < -0.4 is 0 Å². The van der Waals surface area contributed by atoms with Gasteiger partial charge in [0.1, 0.15) is 19.3 Å². The Morgan fingerprint density at radius 3 is 0.716 bits per heavy atom. The maximum atomic E-state index is 13.1. The summed E-state index contributed by atoms with van der Waals surface area (Å²) >= 11 is 0. The van der Waals surface area contributed by atoms with Gasteiger partial charge in [0.05, 0.1) is 26.4 Å². The summed E-state index contributed by atoms with van der Waals surface area (Å²) in [6.45, 7) is 11.8. The molecule has 0 saturated carbocycles. The molecule has 0 aliphatic rings. The Balaban J connectivity index is 5.23. The number of phosphoric acid groups is 2. The van der Waals surface area contributed by atoms with Crippen LogP contribution in [0.25, 0.3) is 0 Å². The summed E-state index contributed by atoms with van der Waals surface area (Å²) in [6.07, 6.45) is 52.9. The van der Waals surface area contributed by atoms with Gasteiger partial charge in [0, 0.05) is 25.7 Å². The molecule has 0 aliphatic heterocycles. The summed E-state index contributed by atoms with van der Waals surface area (Å²) in [7, 11) is -9.91. The van der Waals surface area contributed by atoms with E-state index in [4.69, 9.17) is 37.0 Å². The Labute approximate surface area is 581 Å². The zero-order chi connectivity index (χ0) is 70.1. The van der Waals surface area contributed by atoms with Crippen LogP contribution in [0.1, 0.15) is 389 Å². The minimum Gasteiger partial charge on any atom is -0.462 e. The van der Waals surface area contributed by atoms with E-state index in [2.05, 4.69) is 48.5 Å². The van der Waals surface area contributed by atoms with Gasteiger partial charge < -0.3 is 33.8 Å². The van der Waals surface area contributed by atoms with Crippen molar-refractivity contribution < 1.29 is 80.2 Å². The van der Waals surface area contributed by atoms with E-state index in [1.54, 1.807) is 0 Å². The normalized spacial score (nSPS) is 14.1. The van der Waals surface area contributed by atoms with Crippen LogP contribution in [0.2, 0.25) is 0 Å². The van der Waals surface area contributed by atoms with E-state index in [9.17, 15) is 43.2 Å². The van der Waals surface area contributed by atoms with Crippen molar-refractivity contribution in [2.24, 2.45) is 17.8 Å². The van der Waals surface area contributed by atoms with Gasteiger partial charge in [-0.05, 0) is 43.4 Å². The third kappa shape index (κ3) is 70.3. The van der Waals surface area contributed by atoms with Crippen LogP contribution in [0.4, 0.5) is 0 Å². The van der Waals surface area contributed by atoms with Crippen molar-refractivity contribution in [1.82, 2.24) is 0 Å². The van der Waals surface area contributed by atoms with Crippen molar-refractivity contribution in [3.8, 4) is 0 Å². The molecule has 19 heteroatoms. The molecule has 0 amide bonds. The summed E-state index contributed by atoms with van der Waals surface area (Å²) in [5.41, 5.74) is 0. The molecule has 0 bridgehead atoms. The molecule has 0 aliphatic carbocycles. The molecule has 0 aromatic carbocycles. The summed E-state index contributed by atoms with van der Waals surface area (Å²) in [6, 6.07) is 0. The fraction of sp³-hybridized carbons (Fsp3) is 0.947. The van der Waals surface area contributed by atoms with Gasteiger partial charge in [-0.3, -0.25) is 37.3 Å². The third-order valence-electron chi connectivity index (χ3n) is 17.6. The smallest absolute Gasteiger partial charge is 0.462 e. The molecule has 17 nitrogen and oxygen atoms in total. The van der Waals surface area contributed by atoms with Crippen molar-refractivity contribution in [2.75, 3.05) is 39.6 Å². The van der Waals surface area contributed by atoms with Crippen LogP contribution in [-0.2, 0) is 65.4 Å². The molecule has 0 aromatic rings. The van der Waals surface area contributed by atoms with Crippen LogP contribution in [0.15, 0.2) is 0 Å². The average Bonchev–Trinajstić information content (AvgIpc) is 1.61. The SMILES string of the molecule is CCCCCCCCCCCCCCCCCCC(=O)OC[C@H](COP(=O)(O)OC[C@@H](O)COP(=O)(O)OC[C@@H](COC(=O)CCCCCCCCCC(C)C)OC(=O)CCCCCCCCCCC(C)C)OC(=O)CCCCCCCCCCCCCCCCCC(C)C. The highest BCUT2D eigenvalue weighted by Gasteiger charge is 2.30. The second-order valence-electron chi connectivity index (χ2n) is 28.8. The number of phosphoric ester groups is 2. The Morgan fingerprint density at radius 2 is 0.484 bits per heavy atom. The minimum atomic E-state index is -4.96. The summed E-state index contributed by atoms with van der Waals surface area (Å²) in [5.74, 6) is 0.106. The largest absolute Gasteiger partial charge is 0.472 e. The maximum Gasteiger partial charge on any atom is 0.472 e. The first-order valence-corrected chi connectivity index (χ1v) is 42.3. The minimum absolute atomic E-state index is 0.104. The topological polar surface area (TPSA) is 237 Å². The Hall–Kier alpha value is -1.94. The lowest BCUT2D eigenvalue weighted by molar-refractivity contribution is -0.161. The van der Waals surface area contributed by atoms with Crippen LogP contribution in [0.5, 0.6) is 0 Å². The molecule has 0 saturated heterocycles. The van der Waals surface area contributed by atoms with Gasteiger partial charge in [-0.1, -0.05) is 337 Å². The summed E-state index contributed by atoms with van der Waals surface area (Å²) in [4.78, 5) is 72.8. The lowest BCUT2D eigenvalue weighted by atomic mass is 10.0. The number of ether oxygens (including phenoxy) is 4. The number of carbonyl (C=O) groups excluding carboxylic acids is 4. The van der Waals surface area contributed by atoms with Crippen LogP contribution >= 0.6 is 15.6 Å². The van der Waals surface area contributed by atoms with Crippen molar-refractivity contribution in [3.63, 3.8) is 0 Å². The molecule has 0 spiro atoms. The zero-order valence-corrected chi connectivity index (χ0v) is 63.9. The van der Waals surface area contributed by atoms with Crippen LogP contribution in [-0.4, -0.2) is 96.7 Å². The van der Waals surface area contributed by atoms with Gasteiger partial charge in [-0.15, -0.1) is 0 Å². The van der Waals surface area contributed by atoms with Gasteiger partial charge in [-0.2, -0.15) is 0 Å². The van der Waals surface area contributed by atoms with E-state index >= 15 is 0 Å². The van der Waals surface area contributed by atoms with E-state index in [-0.39, 0.29) is 25.7 Å². The average molecular weight is 1400 g/mol. The zero-order valence-electron chi connectivity index (χ0n) is 62.1. The first kappa shape index (κ1) is 93.1. The van der Waals surface area contributed by atoms with Crippen LogP contribution in [0.3, 0.4) is 0 Å². The Morgan fingerprint density at radius 1 is 0.284 bits per heavy atom. The third-order valence-corrected chi connectivity index (χ3v) is 19.5. The predicted molar refractivity (Wildman–Crippen MR) is 386 cm³/mol. The standard InChI is InChI=1S/C76H148O17P2/c1-8-9-10-11-12-13-14-15-16-19-22-25-28-36-43-50-57-73(78)86-63-71(92-75(80)59-52-45-37-29-26-23-20-17-18-21-24-27-33-40-47-54-67(2)3)65-90-94(82,83)88-61-70(77)62-89-95(84,85)91-66-72(64-87-74(79)58-51-44-39-32-35-42-49-56-69(6)7)93-76(81)60-53-46-38-31-30-34-41-48-55-68(4)5/h67-72,77H,8-66H2,1-7H3,(H,82,83)(H,84,85)/t70-,71-,72-/m1/s1. The van der Waals surface area contributed by atoms with E-state index < -0.39 is 97.5 Å². The number of hydrogen-bond acceptors (Lipinski definition) is 15. The molecular formula is C76H148O17P2. The fourth-order valence-corrected chi connectivity index (χ4v) is 13.2. The highest BCUT2D eigenvalue weighted by molar-refractivity contribution is 7.47. The molecule has 564 valence electrons. The number of unbranched alkanes of at least 4 members (excludes halogenated alkanes) is 42. The highest BCUT2D eigenvalue weighted by Crippen LogP contribution is 2.45. The van der Waals surface area contributed by atoms with Crippen molar-refractivity contribution in [1.29, 1.82) is 0 Å². The van der Waals surface area contributed by atoms with Crippen LogP contribution in [0, 0.1) is 17.8 Å². The molecule has 0 radical (unpaired) electrons. The van der Waals surface area contributed by atoms with Gasteiger partial charge in [0.15, 0.2) is 12.2 Å². The quantitative estimate of drug-likeness (QED) is 0.0222. The van der Waals surface area contributed by atoms with E-state index in [0.29, 0.717) is 31.6 Å². The number of esters is 4. The van der Waals surface area contributed by atoms with Crippen molar-refractivity contribution >= 4 is 39.5 Å². The highest BCUT2D eigenvalue weighted by atomic mass is 31.2. The maximum absolute atomic E-state index is 13.1. The second kappa shape index (κ2) is 66.6. The lowest BCUT2D eigenvalue weighted by Gasteiger charge is -2.21. The molecule has 0 heterocycles. The van der Waals surface area contributed by atoms with Gasteiger partial charge in [0.25, 0.3) is 0 Å². The number of aliphatic hydroxyl groups is 1. The number of aliphatic hydroxyl groups excluding tert-OH is 1. The molecule has 2 unspecified atom stereocenters. The summed E-state index contributed by atoms with van der Waals surface area (Å²) < 4.78 is 68.5. The summed E-state index contributed by atoms with van der Waals surface area (Å²) in [5, 5.41) is 10.6. The van der Waals surface area contributed by atoms with E-state index in [1.807, 2.05) is 0 Å². The Bertz CT molecular complexity index is 1850. The van der Waals surface area contributed by atoms with Gasteiger partial charge in [-0.25, -0.2) is 9.13 Å². The Kier molecular flexibility index (Phi) is 65.2. The number of hydrogen-bond donors (Lipinski definition) is 3. The molecule has 0 aromatic heterocycles. The molecular weight excluding hydrogens is 1250 g/mol. The first-order chi connectivity index (χ1) is 45.7. The second-order valence-corrected chi connectivity index (χ2v) is 31.7.